The van der Waals surface area contributed by atoms with Crippen LogP contribution in [0.15, 0.2) is 36.9 Å². The van der Waals surface area contributed by atoms with Gasteiger partial charge in [-0.1, -0.05) is 18.2 Å². The van der Waals surface area contributed by atoms with E-state index in [-0.39, 0.29) is 5.82 Å². The predicted molar refractivity (Wildman–Crippen MR) is 58.8 cm³/mol. The van der Waals surface area contributed by atoms with Crippen molar-refractivity contribution < 1.29 is 9.50 Å². The first-order valence-corrected chi connectivity index (χ1v) is 4.92. The molecule has 3 heteroatoms. The first-order chi connectivity index (χ1) is 7.12. The first kappa shape index (κ1) is 11.9. The van der Waals surface area contributed by atoms with Crippen molar-refractivity contribution in [3.05, 3.63) is 48.3 Å². The average Bonchev–Trinajstić information content (AvgIpc) is 2.19. The standard InChI is InChI=1S/C12H16FNO/c1-2-7-12(15,8-9-14)10-3-5-11(13)6-4-10/h2-6,15H,1,7-9,14H2. The summed E-state index contributed by atoms with van der Waals surface area (Å²) in [5, 5.41) is 10.3. The van der Waals surface area contributed by atoms with Crippen molar-refractivity contribution in [2.45, 2.75) is 18.4 Å². The zero-order valence-corrected chi connectivity index (χ0v) is 8.62. The molecule has 0 aliphatic rings. The number of nitrogens with two attached hydrogens (primary N) is 1. The minimum Gasteiger partial charge on any atom is -0.385 e. The zero-order chi connectivity index (χ0) is 11.3. The van der Waals surface area contributed by atoms with Crippen LogP contribution in [0, 0.1) is 5.82 Å². The van der Waals surface area contributed by atoms with E-state index in [0.29, 0.717) is 24.9 Å². The second-order valence-corrected chi connectivity index (χ2v) is 3.57. The van der Waals surface area contributed by atoms with Crippen molar-refractivity contribution >= 4 is 0 Å². The van der Waals surface area contributed by atoms with Gasteiger partial charge < -0.3 is 10.8 Å². The molecular formula is C12H16FNO. The van der Waals surface area contributed by atoms with Gasteiger partial charge in [-0.05, 0) is 37.1 Å². The number of hydrogen-bond donors (Lipinski definition) is 2. The SMILES string of the molecule is C=CCC(O)(CCN)c1ccc(F)cc1. The molecule has 0 bridgehead atoms. The lowest BCUT2D eigenvalue weighted by Gasteiger charge is -2.27. The van der Waals surface area contributed by atoms with Crippen molar-refractivity contribution in [3.8, 4) is 0 Å². The monoisotopic (exact) mass is 209 g/mol. The lowest BCUT2D eigenvalue weighted by Crippen LogP contribution is -2.28. The van der Waals surface area contributed by atoms with E-state index < -0.39 is 5.60 Å². The third-order valence-electron chi connectivity index (χ3n) is 2.42. The third kappa shape index (κ3) is 2.88. The lowest BCUT2D eigenvalue weighted by atomic mass is 9.87. The maximum atomic E-state index is 12.7. The first-order valence-electron chi connectivity index (χ1n) is 4.92. The number of aliphatic hydroxyl groups is 1. The number of halogens is 1. The van der Waals surface area contributed by atoms with E-state index in [0.717, 1.165) is 0 Å². The Morgan fingerprint density at radius 2 is 2.00 bits per heavy atom. The number of hydrogen-bond acceptors (Lipinski definition) is 2. The predicted octanol–water partition coefficient (Wildman–Crippen LogP) is 1.94. The molecule has 1 aromatic carbocycles. The molecule has 0 heterocycles. The maximum Gasteiger partial charge on any atom is 0.123 e. The molecule has 0 radical (unpaired) electrons. The molecule has 1 aromatic rings. The van der Waals surface area contributed by atoms with Gasteiger partial charge in [-0.3, -0.25) is 0 Å². The van der Waals surface area contributed by atoms with Crippen molar-refractivity contribution in [1.82, 2.24) is 0 Å². The lowest BCUT2D eigenvalue weighted by molar-refractivity contribution is 0.0330. The Hall–Kier alpha value is -1.19. The van der Waals surface area contributed by atoms with Crippen LogP contribution in [0.4, 0.5) is 4.39 Å². The fourth-order valence-corrected chi connectivity index (χ4v) is 1.60. The highest BCUT2D eigenvalue weighted by molar-refractivity contribution is 5.23. The summed E-state index contributed by atoms with van der Waals surface area (Å²) in [7, 11) is 0. The summed E-state index contributed by atoms with van der Waals surface area (Å²) in [5.74, 6) is -0.313. The van der Waals surface area contributed by atoms with Crippen molar-refractivity contribution in [2.75, 3.05) is 6.54 Å². The normalized spacial score (nSPS) is 14.6. The number of rotatable bonds is 5. The Bertz CT molecular complexity index is 323. The van der Waals surface area contributed by atoms with Gasteiger partial charge in [-0.2, -0.15) is 0 Å². The molecule has 0 aromatic heterocycles. The van der Waals surface area contributed by atoms with Crippen LogP contribution in [0.2, 0.25) is 0 Å². The summed E-state index contributed by atoms with van der Waals surface area (Å²) in [6.07, 6.45) is 2.49. The summed E-state index contributed by atoms with van der Waals surface area (Å²) >= 11 is 0. The van der Waals surface area contributed by atoms with E-state index in [4.69, 9.17) is 5.73 Å². The molecule has 82 valence electrons. The van der Waals surface area contributed by atoms with E-state index in [1.807, 2.05) is 0 Å². The molecule has 0 spiro atoms. The molecule has 1 atom stereocenters. The summed E-state index contributed by atoms with van der Waals surface area (Å²) in [4.78, 5) is 0. The van der Waals surface area contributed by atoms with Crippen molar-refractivity contribution in [2.24, 2.45) is 5.73 Å². The van der Waals surface area contributed by atoms with Gasteiger partial charge in [-0.15, -0.1) is 6.58 Å². The Morgan fingerprint density at radius 1 is 1.40 bits per heavy atom. The van der Waals surface area contributed by atoms with Gasteiger partial charge in [0.1, 0.15) is 5.82 Å². The summed E-state index contributed by atoms with van der Waals surface area (Å²) in [5.41, 5.74) is 5.10. The second-order valence-electron chi connectivity index (χ2n) is 3.57. The smallest absolute Gasteiger partial charge is 0.123 e. The van der Waals surface area contributed by atoms with Gasteiger partial charge in [0.15, 0.2) is 0 Å². The Morgan fingerprint density at radius 3 is 2.47 bits per heavy atom. The number of benzene rings is 1. The molecule has 3 N–H and O–H groups in total. The van der Waals surface area contributed by atoms with Crippen LogP contribution in [-0.4, -0.2) is 11.7 Å². The molecule has 0 amide bonds. The molecule has 0 saturated heterocycles. The van der Waals surface area contributed by atoms with Gasteiger partial charge >= 0.3 is 0 Å². The zero-order valence-electron chi connectivity index (χ0n) is 8.62. The maximum absolute atomic E-state index is 12.7. The third-order valence-corrected chi connectivity index (χ3v) is 2.42. The van der Waals surface area contributed by atoms with E-state index in [2.05, 4.69) is 6.58 Å². The highest BCUT2D eigenvalue weighted by Gasteiger charge is 2.26. The van der Waals surface area contributed by atoms with Crippen LogP contribution in [0.1, 0.15) is 18.4 Å². The molecule has 15 heavy (non-hydrogen) atoms. The highest BCUT2D eigenvalue weighted by Crippen LogP contribution is 2.28. The average molecular weight is 209 g/mol. The van der Waals surface area contributed by atoms with Crippen LogP contribution in [0.25, 0.3) is 0 Å². The largest absolute Gasteiger partial charge is 0.385 e. The Labute approximate surface area is 89.2 Å². The molecule has 0 saturated carbocycles. The van der Waals surface area contributed by atoms with Gasteiger partial charge in [0.25, 0.3) is 0 Å². The summed E-state index contributed by atoms with van der Waals surface area (Å²) < 4.78 is 12.7. The van der Waals surface area contributed by atoms with Gasteiger partial charge in [0.2, 0.25) is 0 Å². The van der Waals surface area contributed by atoms with E-state index in [9.17, 15) is 9.50 Å². The molecule has 2 nitrogen and oxygen atoms in total. The van der Waals surface area contributed by atoms with Crippen LogP contribution in [0.5, 0.6) is 0 Å². The quantitative estimate of drug-likeness (QED) is 0.728. The van der Waals surface area contributed by atoms with Crippen molar-refractivity contribution in [3.63, 3.8) is 0 Å². The molecule has 1 rings (SSSR count). The van der Waals surface area contributed by atoms with Crippen LogP contribution < -0.4 is 5.73 Å². The van der Waals surface area contributed by atoms with Gasteiger partial charge in [0, 0.05) is 0 Å². The van der Waals surface area contributed by atoms with E-state index in [1.165, 1.54) is 12.1 Å². The Balaban J connectivity index is 2.97. The fraction of sp³-hybridized carbons (Fsp3) is 0.333. The van der Waals surface area contributed by atoms with E-state index >= 15 is 0 Å². The van der Waals surface area contributed by atoms with Crippen LogP contribution in [-0.2, 0) is 5.60 Å². The topological polar surface area (TPSA) is 46.2 Å². The van der Waals surface area contributed by atoms with Crippen LogP contribution >= 0.6 is 0 Å². The molecule has 0 aliphatic heterocycles. The summed E-state index contributed by atoms with van der Waals surface area (Å²) in [6.45, 7) is 3.97. The van der Waals surface area contributed by atoms with Gasteiger partial charge in [0.05, 0.1) is 5.60 Å². The fourth-order valence-electron chi connectivity index (χ4n) is 1.60. The van der Waals surface area contributed by atoms with Crippen molar-refractivity contribution in [1.29, 1.82) is 0 Å². The second kappa shape index (κ2) is 5.05. The molecular weight excluding hydrogens is 193 g/mol. The van der Waals surface area contributed by atoms with E-state index in [1.54, 1.807) is 18.2 Å². The Kier molecular flexibility index (Phi) is 4.00. The summed E-state index contributed by atoms with van der Waals surface area (Å²) in [6, 6.07) is 5.82. The minimum atomic E-state index is -1.02. The van der Waals surface area contributed by atoms with Crippen LogP contribution in [0.3, 0.4) is 0 Å². The molecule has 0 aliphatic carbocycles. The molecule has 1 unspecified atom stereocenters. The molecule has 0 fully saturated rings. The highest BCUT2D eigenvalue weighted by atomic mass is 19.1. The van der Waals surface area contributed by atoms with Gasteiger partial charge in [-0.25, -0.2) is 4.39 Å². The minimum absolute atomic E-state index is 0.313.